The van der Waals surface area contributed by atoms with Crippen molar-refractivity contribution in [3.63, 3.8) is 0 Å². The number of rotatable bonds is 5. The highest BCUT2D eigenvalue weighted by Gasteiger charge is 2.39. The van der Waals surface area contributed by atoms with Crippen LogP contribution in [0, 0.1) is 0 Å². The van der Waals surface area contributed by atoms with Gasteiger partial charge in [-0.25, -0.2) is 0 Å². The number of aliphatic hydroxyl groups excluding tert-OH is 1. The molecule has 6 heteroatoms. The molecule has 2 unspecified atom stereocenters. The summed E-state index contributed by atoms with van der Waals surface area (Å²) in [5, 5.41) is 15.2. The van der Waals surface area contributed by atoms with Gasteiger partial charge in [-0.1, -0.05) is 0 Å². The number of nitrogens with zero attached hydrogens (tertiary/aromatic N) is 3. The van der Waals surface area contributed by atoms with Crippen LogP contribution in [0.5, 0.6) is 0 Å². The van der Waals surface area contributed by atoms with Gasteiger partial charge in [0.05, 0.1) is 28.5 Å². The van der Waals surface area contributed by atoms with Gasteiger partial charge in [-0.3, -0.25) is 4.68 Å². The zero-order chi connectivity index (χ0) is 14.8. The summed E-state index contributed by atoms with van der Waals surface area (Å²) in [6.07, 6.45) is 4.13. The molecule has 2 rings (SSSR count). The quantitative estimate of drug-likeness (QED) is 0.888. The third-order valence-electron chi connectivity index (χ3n) is 3.93. The van der Waals surface area contributed by atoms with Crippen LogP contribution in [0.25, 0.3) is 0 Å². The third kappa shape index (κ3) is 3.42. The fourth-order valence-electron chi connectivity index (χ4n) is 2.58. The van der Waals surface area contributed by atoms with Crippen LogP contribution in [0.4, 0.5) is 0 Å². The van der Waals surface area contributed by atoms with E-state index in [1.165, 1.54) is 0 Å². The van der Waals surface area contributed by atoms with Crippen molar-refractivity contribution in [2.24, 2.45) is 0 Å². The Morgan fingerprint density at radius 2 is 2.30 bits per heavy atom. The second-order valence-electron chi connectivity index (χ2n) is 5.92. The molecule has 0 radical (unpaired) electrons. The molecule has 1 aliphatic rings. The maximum Gasteiger partial charge on any atom is 0.125 e. The lowest BCUT2D eigenvalue weighted by atomic mass is 9.88. The standard InChI is InChI=1S/C14H24BrN3O2/c1-14(6-4-5-9-20-14)13(19)12-11(15)10-16-18(12)8-7-17(2)3/h10,13,19H,4-9H2,1-3H3. The number of halogens is 1. The molecule has 20 heavy (non-hydrogen) atoms. The van der Waals surface area contributed by atoms with Crippen LogP contribution in [-0.2, 0) is 11.3 Å². The van der Waals surface area contributed by atoms with Crippen LogP contribution in [0.1, 0.15) is 38.0 Å². The summed E-state index contributed by atoms with van der Waals surface area (Å²) in [5.74, 6) is 0. The minimum Gasteiger partial charge on any atom is -0.384 e. The van der Waals surface area contributed by atoms with Gasteiger partial charge in [0.1, 0.15) is 6.10 Å². The number of ether oxygens (including phenoxy) is 1. The van der Waals surface area contributed by atoms with Gasteiger partial charge in [-0.05, 0) is 56.2 Å². The van der Waals surface area contributed by atoms with Crippen LogP contribution in [0.3, 0.4) is 0 Å². The summed E-state index contributed by atoms with van der Waals surface area (Å²) in [5.41, 5.74) is 0.299. The Kier molecular flexibility index (Phi) is 5.23. The minimum absolute atomic E-state index is 0.517. The second kappa shape index (κ2) is 6.56. The first-order chi connectivity index (χ1) is 9.44. The van der Waals surface area contributed by atoms with E-state index in [4.69, 9.17) is 4.74 Å². The number of hydrogen-bond donors (Lipinski definition) is 1. The van der Waals surface area contributed by atoms with Crippen LogP contribution < -0.4 is 0 Å². The van der Waals surface area contributed by atoms with Crippen molar-refractivity contribution in [3.05, 3.63) is 16.4 Å². The fraction of sp³-hybridized carbons (Fsp3) is 0.786. The first-order valence-corrected chi connectivity index (χ1v) is 7.91. The Balaban J connectivity index is 2.19. The van der Waals surface area contributed by atoms with Crippen LogP contribution in [0.2, 0.25) is 0 Å². The fourth-order valence-corrected chi connectivity index (χ4v) is 3.09. The van der Waals surface area contributed by atoms with Crippen LogP contribution in [-0.4, -0.2) is 52.6 Å². The Hall–Kier alpha value is -0.430. The average molecular weight is 346 g/mol. The average Bonchev–Trinajstić information content (AvgIpc) is 2.77. The summed E-state index contributed by atoms with van der Waals surface area (Å²) in [6, 6.07) is 0. The molecular formula is C14H24BrN3O2. The van der Waals surface area contributed by atoms with E-state index in [-0.39, 0.29) is 0 Å². The minimum atomic E-state index is -0.665. The molecule has 1 saturated heterocycles. The van der Waals surface area contributed by atoms with Crippen LogP contribution in [0.15, 0.2) is 10.7 Å². The van der Waals surface area contributed by atoms with Gasteiger partial charge >= 0.3 is 0 Å². The predicted molar refractivity (Wildman–Crippen MR) is 81.6 cm³/mol. The van der Waals surface area contributed by atoms with E-state index in [1.807, 2.05) is 25.7 Å². The molecule has 0 bridgehead atoms. The van der Waals surface area contributed by atoms with Crippen molar-refractivity contribution in [2.45, 2.75) is 44.4 Å². The lowest BCUT2D eigenvalue weighted by Crippen LogP contribution is -2.40. The summed E-state index contributed by atoms with van der Waals surface area (Å²) in [6.45, 7) is 4.34. The first-order valence-electron chi connectivity index (χ1n) is 7.12. The zero-order valence-corrected chi connectivity index (χ0v) is 14.1. The molecule has 1 aromatic rings. The molecule has 0 aromatic carbocycles. The molecule has 1 aliphatic heterocycles. The van der Waals surface area contributed by atoms with E-state index in [9.17, 15) is 5.11 Å². The van der Waals surface area contributed by atoms with Gasteiger partial charge < -0.3 is 14.7 Å². The molecule has 114 valence electrons. The largest absolute Gasteiger partial charge is 0.384 e. The van der Waals surface area contributed by atoms with Crippen molar-refractivity contribution in [1.82, 2.24) is 14.7 Å². The van der Waals surface area contributed by atoms with Crippen LogP contribution >= 0.6 is 15.9 Å². The number of aromatic nitrogens is 2. The molecule has 1 N–H and O–H groups in total. The zero-order valence-electron chi connectivity index (χ0n) is 12.5. The summed E-state index contributed by atoms with van der Waals surface area (Å²) >= 11 is 3.50. The highest BCUT2D eigenvalue weighted by atomic mass is 79.9. The third-order valence-corrected chi connectivity index (χ3v) is 4.54. The molecule has 0 aliphatic carbocycles. The molecular weight excluding hydrogens is 322 g/mol. The maximum absolute atomic E-state index is 10.8. The monoisotopic (exact) mass is 345 g/mol. The second-order valence-corrected chi connectivity index (χ2v) is 6.78. The number of likely N-dealkylation sites (N-methyl/N-ethyl adjacent to an activating group) is 1. The smallest absolute Gasteiger partial charge is 0.125 e. The van der Waals surface area contributed by atoms with Crippen molar-refractivity contribution in [1.29, 1.82) is 0 Å². The van der Waals surface area contributed by atoms with E-state index < -0.39 is 11.7 Å². The number of hydrogen-bond acceptors (Lipinski definition) is 4. The lowest BCUT2D eigenvalue weighted by molar-refractivity contribution is -0.140. The van der Waals surface area contributed by atoms with Gasteiger partial charge in [0, 0.05) is 13.2 Å². The van der Waals surface area contributed by atoms with E-state index in [0.29, 0.717) is 0 Å². The molecule has 1 aromatic heterocycles. The molecule has 1 fully saturated rings. The van der Waals surface area contributed by atoms with Gasteiger partial charge in [0.2, 0.25) is 0 Å². The van der Waals surface area contributed by atoms with Gasteiger partial charge in [0.25, 0.3) is 0 Å². The van der Waals surface area contributed by atoms with Crippen molar-refractivity contribution < 1.29 is 9.84 Å². The SMILES string of the molecule is CN(C)CCn1ncc(Br)c1C(O)C1(C)CCCCO1. The summed E-state index contributed by atoms with van der Waals surface area (Å²) < 4.78 is 8.58. The number of aliphatic hydroxyl groups is 1. The normalized spacial score (nSPS) is 25.1. The van der Waals surface area contributed by atoms with E-state index in [2.05, 4.69) is 25.9 Å². The molecule has 2 atom stereocenters. The van der Waals surface area contributed by atoms with E-state index >= 15 is 0 Å². The van der Waals surface area contributed by atoms with Crippen molar-refractivity contribution in [3.8, 4) is 0 Å². The molecule has 0 saturated carbocycles. The molecule has 0 amide bonds. The Morgan fingerprint density at radius 1 is 1.55 bits per heavy atom. The molecule has 2 heterocycles. The summed E-state index contributed by atoms with van der Waals surface area (Å²) in [4.78, 5) is 2.10. The highest BCUT2D eigenvalue weighted by Crippen LogP contribution is 2.38. The van der Waals surface area contributed by atoms with Gasteiger partial charge in [-0.2, -0.15) is 5.10 Å². The molecule has 0 spiro atoms. The Labute approximate surface area is 129 Å². The highest BCUT2D eigenvalue weighted by molar-refractivity contribution is 9.10. The predicted octanol–water partition coefficient (Wildman–Crippen LogP) is 2.20. The van der Waals surface area contributed by atoms with Crippen molar-refractivity contribution in [2.75, 3.05) is 27.2 Å². The van der Waals surface area contributed by atoms with Gasteiger partial charge in [-0.15, -0.1) is 0 Å². The van der Waals surface area contributed by atoms with E-state index in [0.717, 1.165) is 49.1 Å². The Bertz CT molecular complexity index is 442. The Morgan fingerprint density at radius 3 is 2.90 bits per heavy atom. The lowest BCUT2D eigenvalue weighted by Gasteiger charge is -2.38. The topological polar surface area (TPSA) is 50.5 Å². The summed E-state index contributed by atoms with van der Waals surface area (Å²) in [7, 11) is 4.06. The van der Waals surface area contributed by atoms with E-state index in [1.54, 1.807) is 6.20 Å². The maximum atomic E-state index is 10.8. The molecule has 5 nitrogen and oxygen atoms in total. The van der Waals surface area contributed by atoms with Crippen molar-refractivity contribution >= 4 is 15.9 Å². The van der Waals surface area contributed by atoms with Gasteiger partial charge in [0.15, 0.2) is 0 Å². The first kappa shape index (κ1) is 15.9.